The van der Waals surface area contributed by atoms with Gasteiger partial charge in [0, 0.05) is 38.4 Å². The quantitative estimate of drug-likeness (QED) is 0.733. The topological polar surface area (TPSA) is 39.5 Å². The van der Waals surface area contributed by atoms with Gasteiger partial charge in [-0.05, 0) is 18.7 Å². The van der Waals surface area contributed by atoms with E-state index < -0.39 is 11.7 Å². The van der Waals surface area contributed by atoms with E-state index in [4.69, 9.17) is 9.47 Å². The largest absolute Gasteiger partial charge is 0.474 e. The number of benzene rings is 1. The molecule has 2 aromatic rings. The summed E-state index contributed by atoms with van der Waals surface area (Å²) >= 11 is 0. The maximum Gasteiger partial charge on any atom is 0.416 e. The molecule has 1 fully saturated rings. The molecule has 2 atom stereocenters. The zero-order chi connectivity index (χ0) is 18.7. The van der Waals surface area contributed by atoms with Crippen LogP contribution in [0.25, 0.3) is 0 Å². The monoisotopic (exact) mass is 369 g/mol. The Morgan fingerprint density at radius 3 is 2.65 bits per heavy atom. The van der Waals surface area contributed by atoms with Crippen LogP contribution in [0.15, 0.2) is 36.5 Å². The number of likely N-dealkylation sites (tertiary alicyclic amines) is 1. The Morgan fingerprint density at radius 1 is 1.15 bits per heavy atom. The van der Waals surface area contributed by atoms with Gasteiger partial charge < -0.3 is 14.4 Å². The number of halogens is 3. The summed E-state index contributed by atoms with van der Waals surface area (Å²) in [5.41, 5.74) is -0.263. The van der Waals surface area contributed by atoms with Crippen LogP contribution in [0.1, 0.15) is 23.1 Å². The molecule has 8 heteroatoms. The van der Waals surface area contributed by atoms with Gasteiger partial charge in [-0.25, -0.2) is 0 Å². The van der Waals surface area contributed by atoms with Gasteiger partial charge in [-0.2, -0.15) is 13.2 Å². The molecule has 1 aromatic heterocycles. The highest BCUT2D eigenvalue weighted by Gasteiger charge is 2.40. The third-order valence-corrected chi connectivity index (χ3v) is 4.60. The van der Waals surface area contributed by atoms with Crippen LogP contribution < -0.4 is 4.74 Å². The number of aromatic nitrogens is 2. The van der Waals surface area contributed by atoms with Crippen LogP contribution in [0.5, 0.6) is 5.88 Å². The van der Waals surface area contributed by atoms with Crippen LogP contribution in [-0.4, -0.2) is 55.1 Å². The van der Waals surface area contributed by atoms with Crippen LogP contribution in [-0.2, 0) is 10.9 Å². The minimum Gasteiger partial charge on any atom is -0.474 e. The second kappa shape index (κ2) is 7.67. The summed E-state index contributed by atoms with van der Waals surface area (Å²) in [5.74, 6) is 0.143. The van der Waals surface area contributed by atoms with Crippen molar-refractivity contribution in [3.8, 4) is 5.88 Å². The first-order valence-corrected chi connectivity index (χ1v) is 8.41. The molecule has 3 rings (SSSR count). The number of nitrogens with zero attached hydrogens (tertiary/aromatic N) is 3. The van der Waals surface area contributed by atoms with Crippen LogP contribution in [0, 0.1) is 0 Å². The average molecular weight is 369 g/mol. The van der Waals surface area contributed by atoms with E-state index in [0.717, 1.165) is 6.07 Å². The molecule has 0 N–H and O–H groups in total. The Balaban J connectivity index is 1.86. The van der Waals surface area contributed by atoms with Crippen molar-refractivity contribution in [2.75, 3.05) is 40.5 Å². The van der Waals surface area contributed by atoms with Gasteiger partial charge in [0.1, 0.15) is 6.61 Å². The maximum absolute atomic E-state index is 13.4. The smallest absolute Gasteiger partial charge is 0.416 e. The van der Waals surface area contributed by atoms with Crippen molar-refractivity contribution in [3.63, 3.8) is 0 Å². The Labute approximate surface area is 150 Å². The zero-order valence-corrected chi connectivity index (χ0v) is 14.7. The number of ether oxygens (including phenoxy) is 2. The number of hydrogen-bond acceptors (Lipinski definition) is 4. The van der Waals surface area contributed by atoms with Gasteiger partial charge in [-0.15, -0.1) is 5.10 Å². The minimum absolute atomic E-state index is 0.191. The molecular weight excluding hydrogens is 347 g/mol. The van der Waals surface area contributed by atoms with Crippen molar-refractivity contribution in [2.45, 2.75) is 18.1 Å². The first-order valence-electron chi connectivity index (χ1n) is 8.41. The van der Waals surface area contributed by atoms with Crippen molar-refractivity contribution in [2.24, 2.45) is 0 Å². The van der Waals surface area contributed by atoms with Crippen LogP contribution in [0.2, 0.25) is 0 Å². The lowest BCUT2D eigenvalue weighted by Crippen LogP contribution is -2.20. The van der Waals surface area contributed by atoms with E-state index >= 15 is 0 Å². The maximum atomic E-state index is 13.4. The van der Waals surface area contributed by atoms with Gasteiger partial charge in [0.05, 0.1) is 18.2 Å². The fourth-order valence-corrected chi connectivity index (χ4v) is 3.44. The molecule has 0 spiro atoms. The van der Waals surface area contributed by atoms with E-state index in [1.807, 2.05) is 11.9 Å². The van der Waals surface area contributed by atoms with Gasteiger partial charge >= 0.3 is 6.18 Å². The van der Waals surface area contributed by atoms with Crippen molar-refractivity contribution >= 4 is 0 Å². The van der Waals surface area contributed by atoms with E-state index in [2.05, 4.69) is 5.10 Å². The van der Waals surface area contributed by atoms with Crippen LogP contribution >= 0.6 is 0 Å². The predicted molar refractivity (Wildman–Crippen MR) is 90.3 cm³/mol. The molecule has 0 amide bonds. The summed E-state index contributed by atoms with van der Waals surface area (Å²) in [5, 5.41) is 4.40. The fraction of sp³-hybridized carbons (Fsp3) is 0.500. The molecule has 142 valence electrons. The lowest BCUT2D eigenvalue weighted by molar-refractivity contribution is -0.138. The van der Waals surface area contributed by atoms with Gasteiger partial charge in [0.15, 0.2) is 0 Å². The van der Waals surface area contributed by atoms with Crippen molar-refractivity contribution in [3.05, 3.63) is 47.7 Å². The second-order valence-electron chi connectivity index (χ2n) is 6.46. The summed E-state index contributed by atoms with van der Waals surface area (Å²) in [6, 6.07) is 7.33. The molecule has 1 aliphatic heterocycles. The van der Waals surface area contributed by atoms with Gasteiger partial charge in [-0.3, -0.25) is 4.68 Å². The summed E-state index contributed by atoms with van der Waals surface area (Å²) in [7, 11) is 3.49. The molecule has 5 nitrogen and oxygen atoms in total. The Hall–Kier alpha value is -2.06. The second-order valence-corrected chi connectivity index (χ2v) is 6.46. The third-order valence-electron chi connectivity index (χ3n) is 4.60. The van der Waals surface area contributed by atoms with Crippen molar-refractivity contribution in [1.82, 2.24) is 14.7 Å². The first kappa shape index (κ1) is 18.7. The molecule has 0 bridgehead atoms. The molecule has 2 heterocycles. The Morgan fingerprint density at radius 2 is 1.92 bits per heavy atom. The molecule has 0 aliphatic carbocycles. The number of methoxy groups -OCH3 is 1. The predicted octanol–water partition coefficient (Wildman–Crippen LogP) is 3.20. The Bertz CT molecular complexity index is 732. The molecule has 26 heavy (non-hydrogen) atoms. The Kier molecular flexibility index (Phi) is 5.52. The first-order chi connectivity index (χ1) is 12.4. The highest BCUT2D eigenvalue weighted by molar-refractivity contribution is 5.35. The summed E-state index contributed by atoms with van der Waals surface area (Å²) in [4.78, 5) is 2.02. The van der Waals surface area contributed by atoms with Gasteiger partial charge in [0.2, 0.25) is 5.88 Å². The van der Waals surface area contributed by atoms with E-state index in [-0.39, 0.29) is 12.0 Å². The number of likely N-dealkylation sites (N-methyl/N-ethyl adjacent to an activating group) is 1. The molecule has 1 aromatic carbocycles. The van der Waals surface area contributed by atoms with Gasteiger partial charge in [-0.1, -0.05) is 18.2 Å². The van der Waals surface area contributed by atoms with Crippen molar-refractivity contribution < 1.29 is 22.6 Å². The molecule has 0 radical (unpaired) electrons. The molecular formula is C18H22F3N3O2. The van der Waals surface area contributed by atoms with E-state index in [0.29, 0.717) is 37.7 Å². The van der Waals surface area contributed by atoms with E-state index in [1.165, 1.54) is 6.07 Å². The molecule has 0 saturated carbocycles. The highest BCUT2D eigenvalue weighted by atomic mass is 19.4. The summed E-state index contributed by atoms with van der Waals surface area (Å²) in [6.45, 7) is 1.98. The van der Waals surface area contributed by atoms with Crippen LogP contribution in [0.3, 0.4) is 0 Å². The standard InChI is InChI=1S/C18H22F3N3O2/c1-23-11-14(13-5-3-4-6-15(13)18(19,20)21)16(12-23)24-8-7-17(22-24)26-10-9-25-2/h3-8,14,16H,9-12H2,1-2H3/t14-,16+/m0/s1. The molecule has 0 unspecified atom stereocenters. The van der Waals surface area contributed by atoms with E-state index in [1.54, 1.807) is 36.2 Å². The molecule has 1 saturated heterocycles. The third kappa shape index (κ3) is 4.02. The SMILES string of the molecule is COCCOc1ccn([C@@H]2CN(C)C[C@H]2c2ccccc2C(F)(F)F)n1. The minimum atomic E-state index is -4.37. The number of rotatable bonds is 6. The lowest BCUT2D eigenvalue weighted by atomic mass is 9.90. The zero-order valence-electron chi connectivity index (χ0n) is 14.7. The molecule has 1 aliphatic rings. The number of hydrogen-bond donors (Lipinski definition) is 0. The normalized spacial score (nSPS) is 21.3. The number of alkyl halides is 3. The highest BCUT2D eigenvalue weighted by Crippen LogP contribution is 2.42. The van der Waals surface area contributed by atoms with Crippen LogP contribution in [0.4, 0.5) is 13.2 Å². The average Bonchev–Trinajstić information content (AvgIpc) is 3.21. The van der Waals surface area contributed by atoms with Gasteiger partial charge in [0.25, 0.3) is 0 Å². The summed E-state index contributed by atoms with van der Waals surface area (Å²) < 4.78 is 52.4. The summed E-state index contributed by atoms with van der Waals surface area (Å²) in [6.07, 6.45) is -2.62. The lowest BCUT2D eigenvalue weighted by Gasteiger charge is -2.23. The van der Waals surface area contributed by atoms with E-state index in [9.17, 15) is 13.2 Å². The van der Waals surface area contributed by atoms with Crippen molar-refractivity contribution in [1.29, 1.82) is 0 Å². The fourth-order valence-electron chi connectivity index (χ4n) is 3.44.